The van der Waals surface area contributed by atoms with Gasteiger partial charge in [0.15, 0.2) is 5.96 Å². The van der Waals surface area contributed by atoms with Gasteiger partial charge in [0.25, 0.3) is 0 Å². The van der Waals surface area contributed by atoms with Crippen molar-refractivity contribution in [2.45, 2.75) is 44.1 Å². The molecule has 2 N–H and O–H groups in total. The number of nitrogens with zero attached hydrogens (tertiary/aromatic N) is 4. The molecule has 0 radical (unpaired) electrons. The molecule has 31 heavy (non-hydrogen) atoms. The number of hydrogen-bond acceptors (Lipinski definition) is 5. The number of rotatable bonds is 6. The lowest BCUT2D eigenvalue weighted by Crippen LogP contribution is -2.46. The molecule has 2 aliphatic rings. The summed E-state index contributed by atoms with van der Waals surface area (Å²) >= 11 is 1.90. The molecule has 3 heterocycles. The van der Waals surface area contributed by atoms with Crippen molar-refractivity contribution in [2.75, 3.05) is 51.7 Å². The van der Waals surface area contributed by atoms with E-state index < -0.39 is 0 Å². The normalized spacial score (nSPS) is 19.9. The molecular weight excluding hydrogens is 404 g/mol. The standard InChI is InChI=1S/C24H36N6S/c1-25-23(28-19-24(9-4-3-5-10-24)21-7-6-16-31-21)27-18-20-8-11-26-22(17-20)30-14-12-29(2)13-15-30/h6-8,11,16-17H,3-5,9-10,12-15,18-19H2,1-2H3,(H2,25,27,28). The summed E-state index contributed by atoms with van der Waals surface area (Å²) in [7, 11) is 4.04. The fourth-order valence-corrected chi connectivity index (χ4v) is 5.74. The average Bonchev–Trinajstić information content (AvgIpc) is 3.36. The molecule has 0 spiro atoms. The van der Waals surface area contributed by atoms with E-state index in [1.165, 1.54) is 42.5 Å². The zero-order valence-corrected chi connectivity index (χ0v) is 19.8. The van der Waals surface area contributed by atoms with Crippen molar-refractivity contribution >= 4 is 23.1 Å². The van der Waals surface area contributed by atoms with E-state index >= 15 is 0 Å². The number of thiophene rings is 1. The highest BCUT2D eigenvalue weighted by molar-refractivity contribution is 7.10. The molecule has 2 aromatic rings. The molecule has 6 nitrogen and oxygen atoms in total. The van der Waals surface area contributed by atoms with E-state index in [0.717, 1.165) is 51.0 Å². The predicted octanol–water partition coefficient (Wildman–Crippen LogP) is 3.46. The van der Waals surface area contributed by atoms with Crippen LogP contribution in [0.4, 0.5) is 5.82 Å². The zero-order valence-electron chi connectivity index (χ0n) is 18.9. The van der Waals surface area contributed by atoms with Crippen LogP contribution in [0, 0.1) is 0 Å². The Hall–Kier alpha value is -2.12. The van der Waals surface area contributed by atoms with Crippen molar-refractivity contribution in [1.29, 1.82) is 0 Å². The van der Waals surface area contributed by atoms with Crippen LogP contribution in [0.1, 0.15) is 42.5 Å². The molecule has 2 fully saturated rings. The maximum absolute atomic E-state index is 4.61. The van der Waals surface area contributed by atoms with E-state index in [0.29, 0.717) is 0 Å². The molecule has 1 aliphatic heterocycles. The Morgan fingerprint density at radius 1 is 1.13 bits per heavy atom. The van der Waals surface area contributed by atoms with Crippen molar-refractivity contribution in [3.63, 3.8) is 0 Å². The lowest BCUT2D eigenvalue weighted by Gasteiger charge is -2.37. The van der Waals surface area contributed by atoms with Crippen LogP contribution in [0.2, 0.25) is 0 Å². The number of anilines is 1. The predicted molar refractivity (Wildman–Crippen MR) is 131 cm³/mol. The molecule has 7 heteroatoms. The zero-order chi connectivity index (χ0) is 21.5. The maximum atomic E-state index is 4.61. The van der Waals surface area contributed by atoms with E-state index in [1.54, 1.807) is 0 Å². The summed E-state index contributed by atoms with van der Waals surface area (Å²) in [6, 6.07) is 8.80. The van der Waals surface area contributed by atoms with Crippen LogP contribution in [-0.4, -0.2) is 62.7 Å². The van der Waals surface area contributed by atoms with E-state index in [4.69, 9.17) is 0 Å². The van der Waals surface area contributed by atoms with Crippen molar-refractivity contribution in [3.8, 4) is 0 Å². The van der Waals surface area contributed by atoms with Crippen molar-refractivity contribution in [3.05, 3.63) is 46.3 Å². The number of guanidine groups is 1. The quantitative estimate of drug-likeness (QED) is 0.532. The second-order valence-corrected chi connectivity index (χ2v) is 9.86. The minimum Gasteiger partial charge on any atom is -0.355 e. The monoisotopic (exact) mass is 440 g/mol. The number of aromatic nitrogens is 1. The molecule has 0 amide bonds. The highest BCUT2D eigenvalue weighted by atomic mass is 32.1. The first kappa shape index (κ1) is 22.1. The topological polar surface area (TPSA) is 55.8 Å². The fraction of sp³-hybridized carbons (Fsp3) is 0.583. The first-order valence-corrected chi connectivity index (χ1v) is 12.4. The summed E-state index contributed by atoms with van der Waals surface area (Å²) in [6.45, 7) is 5.94. The summed E-state index contributed by atoms with van der Waals surface area (Å²) in [6.07, 6.45) is 8.44. The van der Waals surface area contributed by atoms with Crippen LogP contribution in [0.3, 0.4) is 0 Å². The number of pyridine rings is 1. The third kappa shape index (κ3) is 5.57. The van der Waals surface area contributed by atoms with Crippen molar-refractivity contribution in [2.24, 2.45) is 4.99 Å². The van der Waals surface area contributed by atoms with Crippen molar-refractivity contribution < 1.29 is 0 Å². The molecule has 0 aromatic carbocycles. The van der Waals surface area contributed by atoms with Crippen LogP contribution in [0.5, 0.6) is 0 Å². The van der Waals surface area contributed by atoms with Gasteiger partial charge in [0.2, 0.25) is 0 Å². The van der Waals surface area contributed by atoms with E-state index in [2.05, 4.69) is 67.1 Å². The van der Waals surface area contributed by atoms with E-state index in [1.807, 2.05) is 24.6 Å². The highest BCUT2D eigenvalue weighted by Crippen LogP contribution is 2.41. The lowest BCUT2D eigenvalue weighted by molar-refractivity contribution is 0.296. The van der Waals surface area contributed by atoms with Crippen LogP contribution >= 0.6 is 11.3 Å². The first-order chi connectivity index (χ1) is 15.2. The molecule has 168 valence electrons. The van der Waals surface area contributed by atoms with Crippen LogP contribution < -0.4 is 15.5 Å². The smallest absolute Gasteiger partial charge is 0.191 e. The Bertz CT molecular complexity index is 836. The molecule has 0 unspecified atom stereocenters. The Morgan fingerprint density at radius 3 is 2.65 bits per heavy atom. The molecule has 0 bridgehead atoms. The summed E-state index contributed by atoms with van der Waals surface area (Å²) in [5.41, 5.74) is 1.48. The van der Waals surface area contributed by atoms with E-state index in [9.17, 15) is 0 Å². The molecule has 2 aromatic heterocycles. The van der Waals surface area contributed by atoms with Crippen LogP contribution in [0.25, 0.3) is 0 Å². The van der Waals surface area contributed by atoms with E-state index in [-0.39, 0.29) is 5.41 Å². The first-order valence-electron chi connectivity index (χ1n) is 11.6. The largest absolute Gasteiger partial charge is 0.355 e. The SMILES string of the molecule is CN=C(NCc1ccnc(N2CCN(C)CC2)c1)NCC1(c2cccs2)CCCCC1. The molecule has 1 saturated carbocycles. The van der Waals surface area contributed by atoms with Gasteiger partial charge in [-0.25, -0.2) is 4.98 Å². The molecule has 0 atom stereocenters. The van der Waals surface area contributed by atoms with Gasteiger partial charge in [-0.05, 0) is 49.0 Å². The third-order valence-electron chi connectivity index (χ3n) is 6.77. The second-order valence-electron chi connectivity index (χ2n) is 8.91. The maximum Gasteiger partial charge on any atom is 0.191 e. The number of nitrogens with one attached hydrogen (secondary N) is 2. The Balaban J connectivity index is 1.34. The summed E-state index contributed by atoms with van der Waals surface area (Å²) < 4.78 is 0. The van der Waals surface area contributed by atoms with Gasteiger partial charge >= 0.3 is 0 Å². The van der Waals surface area contributed by atoms with Gasteiger partial charge in [0.1, 0.15) is 5.82 Å². The summed E-state index contributed by atoms with van der Waals surface area (Å²) in [5.74, 6) is 1.95. The Kier molecular flexibility index (Phi) is 7.45. The summed E-state index contributed by atoms with van der Waals surface area (Å²) in [5, 5.41) is 9.36. The number of aliphatic imine (C=N–C) groups is 1. The van der Waals surface area contributed by atoms with Gasteiger partial charge < -0.3 is 20.4 Å². The van der Waals surface area contributed by atoms with Gasteiger partial charge in [0.05, 0.1) is 0 Å². The average molecular weight is 441 g/mol. The second kappa shape index (κ2) is 10.5. The van der Waals surface area contributed by atoms with Crippen molar-refractivity contribution in [1.82, 2.24) is 20.5 Å². The summed E-state index contributed by atoms with van der Waals surface area (Å²) in [4.78, 5) is 15.4. The Morgan fingerprint density at radius 2 is 1.94 bits per heavy atom. The molecule has 4 rings (SSSR count). The van der Waals surface area contributed by atoms with Gasteiger partial charge in [-0.3, -0.25) is 4.99 Å². The van der Waals surface area contributed by atoms with Gasteiger partial charge in [-0.15, -0.1) is 11.3 Å². The highest BCUT2D eigenvalue weighted by Gasteiger charge is 2.34. The molecule has 1 saturated heterocycles. The minimum atomic E-state index is 0.245. The molecule has 1 aliphatic carbocycles. The van der Waals surface area contributed by atoms with Gasteiger partial charge in [-0.2, -0.15) is 0 Å². The van der Waals surface area contributed by atoms with Crippen LogP contribution in [-0.2, 0) is 12.0 Å². The van der Waals surface area contributed by atoms with Crippen LogP contribution in [0.15, 0.2) is 40.8 Å². The minimum absolute atomic E-state index is 0.245. The number of hydrogen-bond donors (Lipinski definition) is 2. The lowest BCUT2D eigenvalue weighted by atomic mass is 9.73. The Labute approximate surface area is 190 Å². The fourth-order valence-electron chi connectivity index (χ4n) is 4.76. The molecular formula is C24H36N6S. The number of likely N-dealkylation sites (N-methyl/N-ethyl adjacent to an activating group) is 1. The third-order valence-corrected chi connectivity index (χ3v) is 7.89. The van der Waals surface area contributed by atoms with Gasteiger partial charge in [0, 0.05) is 62.8 Å². The number of piperazine rings is 1. The van der Waals surface area contributed by atoms with Gasteiger partial charge in [-0.1, -0.05) is 25.3 Å².